The number of para-hydroxylation sites is 2. The number of anilines is 1. The molecule has 0 aliphatic heterocycles. The van der Waals surface area contributed by atoms with E-state index in [1.54, 1.807) is 6.07 Å². The second kappa shape index (κ2) is 7.69. The van der Waals surface area contributed by atoms with Gasteiger partial charge in [-0.25, -0.2) is 0 Å². The Morgan fingerprint density at radius 1 is 1.03 bits per heavy atom. The average molecular weight is 386 g/mol. The van der Waals surface area contributed by atoms with Crippen LogP contribution in [0.1, 0.15) is 5.82 Å². The van der Waals surface area contributed by atoms with Crippen molar-refractivity contribution >= 4 is 34.1 Å². The Morgan fingerprint density at radius 3 is 2.66 bits per heavy atom. The number of rotatable bonds is 5. The van der Waals surface area contributed by atoms with Crippen LogP contribution in [0.3, 0.4) is 0 Å². The van der Waals surface area contributed by atoms with Crippen LogP contribution in [0.5, 0.6) is 0 Å². The lowest BCUT2D eigenvalue weighted by Gasteiger charge is -2.06. The highest BCUT2D eigenvalue weighted by Crippen LogP contribution is 2.24. The van der Waals surface area contributed by atoms with E-state index >= 15 is 0 Å². The van der Waals surface area contributed by atoms with E-state index in [-0.39, 0.29) is 11.4 Å². The highest BCUT2D eigenvalue weighted by molar-refractivity contribution is 6.03. The quantitative estimate of drug-likeness (QED) is 0.319. The third-order valence-corrected chi connectivity index (χ3v) is 4.23. The van der Waals surface area contributed by atoms with Crippen molar-refractivity contribution in [3.63, 3.8) is 0 Å². The number of fused-ring (bicyclic) bond motifs is 1. The molecule has 0 saturated carbocycles. The molecule has 4 rings (SSSR count). The molecule has 0 unspecified atom stereocenters. The first-order chi connectivity index (χ1) is 14.1. The van der Waals surface area contributed by atoms with Gasteiger partial charge in [0.2, 0.25) is 5.91 Å². The van der Waals surface area contributed by atoms with Crippen LogP contribution >= 0.6 is 0 Å². The largest absolute Gasteiger partial charge is 0.317 e. The minimum absolute atomic E-state index is 0.112. The maximum Gasteiger partial charge on any atom is 0.292 e. The van der Waals surface area contributed by atoms with Crippen molar-refractivity contribution in [1.29, 1.82) is 0 Å². The number of hydrogen-bond acceptors (Lipinski definition) is 6. The highest BCUT2D eigenvalue weighted by atomic mass is 16.6. The molecule has 3 aromatic carbocycles. The van der Waals surface area contributed by atoms with Crippen LogP contribution < -0.4 is 5.32 Å². The van der Waals surface area contributed by atoms with E-state index in [1.165, 1.54) is 35.0 Å². The summed E-state index contributed by atoms with van der Waals surface area (Å²) in [5.74, 6) is -0.189. The standard InChI is InChI=1S/C20H14N6O3/c27-20(21-16-9-3-4-10-18(16)26(28)29)13-12-19-22-23-24-25(19)17-11-5-7-14-6-1-2-8-15(14)17/h1-13H,(H,21,27). The predicted molar refractivity (Wildman–Crippen MR) is 107 cm³/mol. The van der Waals surface area contributed by atoms with Crippen molar-refractivity contribution in [2.24, 2.45) is 0 Å². The predicted octanol–water partition coefficient (Wildman–Crippen LogP) is 3.38. The number of amides is 1. The molecule has 0 aliphatic rings. The number of benzene rings is 3. The van der Waals surface area contributed by atoms with Gasteiger partial charge in [-0.05, 0) is 34.0 Å². The van der Waals surface area contributed by atoms with E-state index in [0.717, 1.165) is 16.5 Å². The first kappa shape index (κ1) is 18.0. The summed E-state index contributed by atoms with van der Waals surface area (Å²) in [4.78, 5) is 22.8. The molecule has 0 fully saturated rings. The third kappa shape index (κ3) is 3.69. The summed E-state index contributed by atoms with van der Waals surface area (Å²) in [6.07, 6.45) is 2.68. The molecule has 1 heterocycles. The van der Waals surface area contributed by atoms with Crippen molar-refractivity contribution in [3.05, 3.63) is 88.7 Å². The smallest absolute Gasteiger partial charge is 0.292 e. The van der Waals surface area contributed by atoms with E-state index in [9.17, 15) is 14.9 Å². The minimum atomic E-state index is -0.555. The lowest BCUT2D eigenvalue weighted by atomic mass is 10.1. The molecular weight excluding hydrogens is 372 g/mol. The lowest BCUT2D eigenvalue weighted by Crippen LogP contribution is -2.10. The van der Waals surface area contributed by atoms with Gasteiger partial charge in [-0.3, -0.25) is 14.9 Å². The minimum Gasteiger partial charge on any atom is -0.317 e. The van der Waals surface area contributed by atoms with Crippen molar-refractivity contribution < 1.29 is 9.72 Å². The van der Waals surface area contributed by atoms with Gasteiger partial charge >= 0.3 is 0 Å². The zero-order valence-corrected chi connectivity index (χ0v) is 15.0. The molecule has 0 atom stereocenters. The molecule has 9 nitrogen and oxygen atoms in total. The zero-order valence-electron chi connectivity index (χ0n) is 15.0. The summed E-state index contributed by atoms with van der Waals surface area (Å²) in [6, 6.07) is 19.5. The van der Waals surface area contributed by atoms with Crippen LogP contribution in [0.25, 0.3) is 22.5 Å². The molecule has 0 saturated heterocycles. The number of carbonyl (C=O) groups is 1. The SMILES string of the molecule is O=C(C=Cc1nnnn1-c1cccc2ccccc12)Nc1ccccc1[N+](=O)[O-]. The Kier molecular flexibility index (Phi) is 4.77. The molecule has 9 heteroatoms. The van der Waals surface area contributed by atoms with Crippen LogP contribution in [0.15, 0.2) is 72.8 Å². The first-order valence-corrected chi connectivity index (χ1v) is 8.62. The monoisotopic (exact) mass is 386 g/mol. The van der Waals surface area contributed by atoms with E-state index in [4.69, 9.17) is 0 Å². The van der Waals surface area contributed by atoms with Gasteiger partial charge in [0, 0.05) is 17.5 Å². The Balaban J connectivity index is 1.60. The normalized spacial score (nSPS) is 11.0. The van der Waals surface area contributed by atoms with Gasteiger partial charge in [0.1, 0.15) is 5.69 Å². The van der Waals surface area contributed by atoms with Crippen LogP contribution in [0.2, 0.25) is 0 Å². The molecule has 0 bridgehead atoms. The molecule has 29 heavy (non-hydrogen) atoms. The van der Waals surface area contributed by atoms with Gasteiger partial charge in [-0.2, -0.15) is 4.68 Å². The van der Waals surface area contributed by atoms with Crippen LogP contribution in [0.4, 0.5) is 11.4 Å². The molecule has 1 aromatic heterocycles. The van der Waals surface area contributed by atoms with Gasteiger partial charge in [-0.15, -0.1) is 5.10 Å². The van der Waals surface area contributed by atoms with Gasteiger partial charge in [0.15, 0.2) is 5.82 Å². The van der Waals surface area contributed by atoms with E-state index in [1.807, 2.05) is 42.5 Å². The summed E-state index contributed by atoms with van der Waals surface area (Å²) in [7, 11) is 0. The van der Waals surface area contributed by atoms with Crippen molar-refractivity contribution in [1.82, 2.24) is 20.2 Å². The molecular formula is C20H14N6O3. The van der Waals surface area contributed by atoms with Gasteiger partial charge < -0.3 is 5.32 Å². The van der Waals surface area contributed by atoms with E-state index in [2.05, 4.69) is 20.8 Å². The van der Waals surface area contributed by atoms with Gasteiger partial charge in [0.05, 0.1) is 10.6 Å². The molecule has 0 aliphatic carbocycles. The Bertz CT molecular complexity index is 1240. The Hall–Kier alpha value is -4.40. The average Bonchev–Trinajstić information content (AvgIpc) is 3.20. The fraction of sp³-hybridized carbons (Fsp3) is 0. The van der Waals surface area contributed by atoms with Crippen LogP contribution in [-0.4, -0.2) is 31.0 Å². The number of tetrazole rings is 1. The Labute approximate surface area is 164 Å². The zero-order chi connectivity index (χ0) is 20.2. The fourth-order valence-corrected chi connectivity index (χ4v) is 2.93. The highest BCUT2D eigenvalue weighted by Gasteiger charge is 2.14. The maximum absolute atomic E-state index is 12.2. The van der Waals surface area contributed by atoms with E-state index in [0.29, 0.717) is 5.82 Å². The number of nitro groups is 1. The second-order valence-electron chi connectivity index (χ2n) is 6.04. The number of aromatic nitrogens is 4. The molecule has 0 spiro atoms. The van der Waals surface area contributed by atoms with Crippen molar-refractivity contribution in [3.8, 4) is 5.69 Å². The van der Waals surface area contributed by atoms with E-state index < -0.39 is 10.8 Å². The summed E-state index contributed by atoms with van der Waals surface area (Å²) in [6.45, 7) is 0. The summed E-state index contributed by atoms with van der Waals surface area (Å²) >= 11 is 0. The van der Waals surface area contributed by atoms with Crippen molar-refractivity contribution in [2.75, 3.05) is 5.32 Å². The number of carbonyl (C=O) groups excluding carboxylic acids is 1. The number of nitrogens with one attached hydrogen (secondary N) is 1. The number of hydrogen-bond donors (Lipinski definition) is 1. The summed E-state index contributed by atoms with van der Waals surface area (Å²) in [5.41, 5.74) is 0.697. The first-order valence-electron chi connectivity index (χ1n) is 8.62. The van der Waals surface area contributed by atoms with Crippen molar-refractivity contribution in [2.45, 2.75) is 0 Å². The summed E-state index contributed by atoms with van der Waals surface area (Å²) < 4.78 is 1.52. The molecule has 4 aromatic rings. The molecule has 1 N–H and O–H groups in total. The fourth-order valence-electron chi connectivity index (χ4n) is 2.93. The van der Waals surface area contributed by atoms with Crippen LogP contribution in [-0.2, 0) is 4.79 Å². The molecule has 142 valence electrons. The Morgan fingerprint density at radius 2 is 1.79 bits per heavy atom. The molecule has 1 amide bonds. The van der Waals surface area contributed by atoms with Gasteiger partial charge in [0.25, 0.3) is 5.69 Å². The lowest BCUT2D eigenvalue weighted by molar-refractivity contribution is -0.383. The van der Waals surface area contributed by atoms with Gasteiger partial charge in [-0.1, -0.05) is 48.5 Å². The maximum atomic E-state index is 12.2. The third-order valence-electron chi connectivity index (χ3n) is 4.23. The molecule has 0 radical (unpaired) electrons. The van der Waals surface area contributed by atoms with Crippen LogP contribution in [0, 0.1) is 10.1 Å². The number of nitrogens with zero attached hydrogens (tertiary/aromatic N) is 5. The summed E-state index contributed by atoms with van der Waals surface area (Å²) in [5, 5.41) is 27.2. The second-order valence-corrected chi connectivity index (χ2v) is 6.04. The number of nitro benzene ring substituents is 1. The topological polar surface area (TPSA) is 116 Å².